The third-order valence-corrected chi connectivity index (χ3v) is 3.79. The Morgan fingerprint density at radius 3 is 1.96 bits per heavy atom. The van der Waals surface area contributed by atoms with Crippen LogP contribution in [0.15, 0.2) is 48.5 Å². The topological polar surface area (TPSA) is 103 Å². The highest BCUT2D eigenvalue weighted by atomic mass is 16.5. The molecule has 2 rings (SSSR count). The molecular weight excluding hydrogens is 334 g/mol. The van der Waals surface area contributed by atoms with E-state index in [1.54, 1.807) is 14.2 Å². The molecule has 0 spiro atoms. The first kappa shape index (κ1) is 19.3. The summed E-state index contributed by atoms with van der Waals surface area (Å²) in [5, 5.41) is 5.39. The summed E-state index contributed by atoms with van der Waals surface area (Å²) in [5.41, 5.74) is 6.92. The maximum absolute atomic E-state index is 12.3. The van der Waals surface area contributed by atoms with Crippen molar-refractivity contribution in [2.24, 2.45) is 5.73 Å². The van der Waals surface area contributed by atoms with Crippen molar-refractivity contribution in [3.63, 3.8) is 0 Å². The van der Waals surface area contributed by atoms with Crippen LogP contribution in [-0.2, 0) is 9.59 Å². The number of hydrogen-bond acceptors (Lipinski definition) is 5. The molecule has 0 unspecified atom stereocenters. The van der Waals surface area contributed by atoms with E-state index in [9.17, 15) is 9.59 Å². The first-order valence-electron chi connectivity index (χ1n) is 8.11. The minimum atomic E-state index is -0.428. The summed E-state index contributed by atoms with van der Waals surface area (Å²) in [6.45, 7) is -0.317. The van der Waals surface area contributed by atoms with Gasteiger partial charge < -0.3 is 25.8 Å². The fourth-order valence-corrected chi connectivity index (χ4v) is 2.46. The van der Waals surface area contributed by atoms with Crippen molar-refractivity contribution in [2.75, 3.05) is 27.3 Å². The van der Waals surface area contributed by atoms with Crippen LogP contribution in [0.3, 0.4) is 0 Å². The van der Waals surface area contributed by atoms with Crippen LogP contribution in [0, 0.1) is 0 Å². The molecule has 2 amide bonds. The van der Waals surface area contributed by atoms with Crippen LogP contribution < -0.4 is 25.8 Å². The third-order valence-electron chi connectivity index (χ3n) is 3.79. The number of methoxy groups -OCH3 is 2. The van der Waals surface area contributed by atoms with E-state index in [0.717, 1.165) is 11.1 Å². The van der Waals surface area contributed by atoms with Crippen LogP contribution in [0.1, 0.15) is 17.2 Å². The van der Waals surface area contributed by atoms with E-state index in [0.29, 0.717) is 11.5 Å². The Morgan fingerprint density at radius 1 is 0.962 bits per heavy atom. The van der Waals surface area contributed by atoms with Gasteiger partial charge in [0.15, 0.2) is 0 Å². The van der Waals surface area contributed by atoms with Crippen molar-refractivity contribution in [3.05, 3.63) is 59.7 Å². The smallest absolute Gasteiger partial charge is 0.240 e. The average Bonchev–Trinajstić information content (AvgIpc) is 2.70. The molecule has 0 heterocycles. The van der Waals surface area contributed by atoms with E-state index in [4.69, 9.17) is 15.2 Å². The minimum absolute atomic E-state index is 0.152. The molecule has 7 heteroatoms. The van der Waals surface area contributed by atoms with Crippen LogP contribution in [0.5, 0.6) is 11.5 Å². The zero-order valence-corrected chi connectivity index (χ0v) is 14.8. The van der Waals surface area contributed by atoms with Gasteiger partial charge in [0.1, 0.15) is 11.5 Å². The number of ether oxygens (including phenoxy) is 2. The van der Waals surface area contributed by atoms with Gasteiger partial charge in [-0.3, -0.25) is 9.59 Å². The Kier molecular flexibility index (Phi) is 6.99. The van der Waals surface area contributed by atoms with E-state index in [1.165, 1.54) is 0 Å². The van der Waals surface area contributed by atoms with Gasteiger partial charge in [-0.25, -0.2) is 0 Å². The van der Waals surface area contributed by atoms with Gasteiger partial charge in [-0.2, -0.15) is 0 Å². The molecule has 0 aliphatic rings. The third kappa shape index (κ3) is 5.22. The summed E-state index contributed by atoms with van der Waals surface area (Å²) >= 11 is 0. The zero-order valence-electron chi connectivity index (χ0n) is 14.8. The van der Waals surface area contributed by atoms with Crippen molar-refractivity contribution in [1.82, 2.24) is 10.6 Å². The SMILES string of the molecule is COc1cccc(C(NC(=O)CNC(=O)CN)c2cccc(OC)c2)c1. The lowest BCUT2D eigenvalue weighted by molar-refractivity contribution is -0.125. The van der Waals surface area contributed by atoms with Crippen LogP contribution in [-0.4, -0.2) is 39.1 Å². The van der Waals surface area contributed by atoms with E-state index in [2.05, 4.69) is 10.6 Å². The number of nitrogens with one attached hydrogen (secondary N) is 2. The Hall–Kier alpha value is -3.06. The quantitative estimate of drug-likeness (QED) is 0.654. The molecule has 0 saturated carbocycles. The molecule has 0 aliphatic heterocycles. The standard InChI is InChI=1S/C19H23N3O4/c1-25-15-7-3-5-13(9-15)19(14-6-4-8-16(10-14)26-2)22-18(24)12-21-17(23)11-20/h3-10,19H,11-12,20H2,1-2H3,(H,21,23)(H,22,24). The summed E-state index contributed by atoms with van der Waals surface area (Å²) in [6.07, 6.45) is 0. The number of benzene rings is 2. The molecule has 138 valence electrons. The number of carbonyl (C=O) groups is 2. The fourth-order valence-electron chi connectivity index (χ4n) is 2.46. The highest BCUT2D eigenvalue weighted by molar-refractivity contribution is 5.85. The van der Waals surface area contributed by atoms with Gasteiger partial charge in [-0.1, -0.05) is 24.3 Å². The van der Waals surface area contributed by atoms with E-state index >= 15 is 0 Å². The van der Waals surface area contributed by atoms with Gasteiger partial charge in [0.05, 0.1) is 33.4 Å². The first-order chi connectivity index (χ1) is 12.6. The molecule has 2 aromatic rings. The molecule has 2 aromatic carbocycles. The Labute approximate surface area is 152 Å². The number of rotatable bonds is 8. The maximum atomic E-state index is 12.3. The molecule has 0 fully saturated rings. The van der Waals surface area contributed by atoms with Gasteiger partial charge in [0.25, 0.3) is 0 Å². The van der Waals surface area contributed by atoms with Crippen molar-refractivity contribution in [3.8, 4) is 11.5 Å². The highest BCUT2D eigenvalue weighted by Gasteiger charge is 2.18. The van der Waals surface area contributed by atoms with Crippen LogP contribution >= 0.6 is 0 Å². The van der Waals surface area contributed by atoms with Crippen molar-refractivity contribution in [1.29, 1.82) is 0 Å². The molecule has 0 atom stereocenters. The molecule has 0 bridgehead atoms. The van der Waals surface area contributed by atoms with Crippen LogP contribution in [0.25, 0.3) is 0 Å². The van der Waals surface area contributed by atoms with E-state index < -0.39 is 6.04 Å². The molecular formula is C19H23N3O4. The molecule has 0 radical (unpaired) electrons. The van der Waals surface area contributed by atoms with Crippen molar-refractivity contribution >= 4 is 11.8 Å². The average molecular weight is 357 g/mol. The molecule has 0 aromatic heterocycles. The summed E-state index contributed by atoms with van der Waals surface area (Å²) < 4.78 is 10.6. The number of carbonyl (C=O) groups excluding carboxylic acids is 2. The van der Waals surface area contributed by atoms with Crippen molar-refractivity contribution < 1.29 is 19.1 Å². The predicted octanol–water partition coefficient (Wildman–Crippen LogP) is 0.984. The second-order valence-corrected chi connectivity index (χ2v) is 5.53. The molecule has 0 saturated heterocycles. The Balaban J connectivity index is 2.28. The lowest BCUT2D eigenvalue weighted by Crippen LogP contribution is -2.41. The van der Waals surface area contributed by atoms with E-state index in [-0.39, 0.29) is 24.9 Å². The Bertz CT molecular complexity index is 716. The van der Waals surface area contributed by atoms with Gasteiger partial charge in [0, 0.05) is 0 Å². The second kappa shape index (κ2) is 9.43. The van der Waals surface area contributed by atoms with Crippen LogP contribution in [0.2, 0.25) is 0 Å². The zero-order chi connectivity index (χ0) is 18.9. The lowest BCUT2D eigenvalue weighted by atomic mass is 9.98. The first-order valence-corrected chi connectivity index (χ1v) is 8.11. The molecule has 7 nitrogen and oxygen atoms in total. The highest BCUT2D eigenvalue weighted by Crippen LogP contribution is 2.27. The normalized spacial score (nSPS) is 10.3. The summed E-state index contributed by atoms with van der Waals surface area (Å²) in [7, 11) is 3.17. The summed E-state index contributed by atoms with van der Waals surface area (Å²) in [4.78, 5) is 23.6. The van der Waals surface area contributed by atoms with Gasteiger partial charge in [0.2, 0.25) is 11.8 Å². The minimum Gasteiger partial charge on any atom is -0.497 e. The maximum Gasteiger partial charge on any atom is 0.240 e. The predicted molar refractivity (Wildman–Crippen MR) is 98.0 cm³/mol. The van der Waals surface area contributed by atoms with Gasteiger partial charge in [-0.15, -0.1) is 0 Å². The number of nitrogens with two attached hydrogens (primary N) is 1. The number of amides is 2. The largest absolute Gasteiger partial charge is 0.497 e. The monoisotopic (exact) mass is 357 g/mol. The van der Waals surface area contributed by atoms with Crippen LogP contribution in [0.4, 0.5) is 0 Å². The van der Waals surface area contributed by atoms with E-state index in [1.807, 2.05) is 48.5 Å². The Morgan fingerprint density at radius 2 is 1.50 bits per heavy atom. The number of hydrogen-bond donors (Lipinski definition) is 3. The van der Waals surface area contributed by atoms with Gasteiger partial charge in [-0.05, 0) is 35.4 Å². The molecule has 0 aliphatic carbocycles. The fraction of sp³-hybridized carbons (Fsp3) is 0.263. The summed E-state index contributed by atoms with van der Waals surface area (Å²) in [6, 6.07) is 14.4. The van der Waals surface area contributed by atoms with Crippen molar-refractivity contribution in [2.45, 2.75) is 6.04 Å². The summed E-state index contributed by atoms with van der Waals surface area (Å²) in [5.74, 6) is 0.643. The molecule has 4 N–H and O–H groups in total. The molecule has 26 heavy (non-hydrogen) atoms. The second-order valence-electron chi connectivity index (χ2n) is 5.53. The van der Waals surface area contributed by atoms with Gasteiger partial charge >= 0.3 is 0 Å². The lowest BCUT2D eigenvalue weighted by Gasteiger charge is -2.21.